The summed E-state index contributed by atoms with van der Waals surface area (Å²) >= 11 is 6.81. The van der Waals surface area contributed by atoms with E-state index in [1.54, 1.807) is 4.90 Å². The number of carbonyl (C=O) groups is 2. The number of rotatable bonds is 3. The third-order valence-electron chi connectivity index (χ3n) is 3.75. The molecule has 2 aromatic carbocycles. The SMILES string of the molecule is O=C(Nc1ccccc1Br)C1CC(=O)N(c2cccc(Br)c2)C1. The molecule has 6 heteroatoms. The van der Waals surface area contributed by atoms with Gasteiger partial charge in [0.15, 0.2) is 0 Å². The van der Waals surface area contributed by atoms with E-state index in [-0.39, 0.29) is 24.2 Å². The number of amides is 2. The average molecular weight is 438 g/mol. The van der Waals surface area contributed by atoms with Gasteiger partial charge < -0.3 is 10.2 Å². The van der Waals surface area contributed by atoms with Crippen LogP contribution in [0.1, 0.15) is 6.42 Å². The van der Waals surface area contributed by atoms with Crippen molar-refractivity contribution in [3.05, 3.63) is 57.5 Å². The van der Waals surface area contributed by atoms with Crippen LogP contribution in [0.3, 0.4) is 0 Å². The predicted octanol–water partition coefficient (Wildman–Crippen LogP) is 4.20. The zero-order valence-corrected chi connectivity index (χ0v) is 15.3. The van der Waals surface area contributed by atoms with Crippen LogP contribution >= 0.6 is 31.9 Å². The molecule has 1 unspecified atom stereocenters. The van der Waals surface area contributed by atoms with Crippen molar-refractivity contribution >= 4 is 55.0 Å². The molecule has 1 atom stereocenters. The second kappa shape index (κ2) is 6.84. The van der Waals surface area contributed by atoms with E-state index in [0.29, 0.717) is 12.2 Å². The van der Waals surface area contributed by atoms with E-state index >= 15 is 0 Å². The number of halogens is 2. The van der Waals surface area contributed by atoms with Crippen LogP contribution < -0.4 is 10.2 Å². The lowest BCUT2D eigenvalue weighted by atomic mass is 10.1. The fourth-order valence-corrected chi connectivity index (χ4v) is 3.35. The molecule has 1 N–H and O–H groups in total. The van der Waals surface area contributed by atoms with Crippen molar-refractivity contribution in [3.8, 4) is 0 Å². The lowest BCUT2D eigenvalue weighted by Crippen LogP contribution is -2.28. The van der Waals surface area contributed by atoms with Gasteiger partial charge in [-0.05, 0) is 46.3 Å². The van der Waals surface area contributed by atoms with E-state index in [1.807, 2.05) is 48.5 Å². The Morgan fingerprint density at radius 2 is 1.91 bits per heavy atom. The standard InChI is InChI=1S/C17H14Br2N2O2/c18-12-4-3-5-13(9-12)21-10-11(8-16(21)22)17(23)20-15-7-2-1-6-14(15)19/h1-7,9,11H,8,10H2,(H,20,23). The van der Waals surface area contributed by atoms with Crippen molar-refractivity contribution < 1.29 is 9.59 Å². The zero-order valence-electron chi connectivity index (χ0n) is 12.1. The third-order valence-corrected chi connectivity index (χ3v) is 4.93. The Bertz CT molecular complexity index is 764. The fourth-order valence-electron chi connectivity index (χ4n) is 2.57. The largest absolute Gasteiger partial charge is 0.325 e. The van der Waals surface area contributed by atoms with Gasteiger partial charge in [-0.2, -0.15) is 0 Å². The molecule has 0 spiro atoms. The van der Waals surface area contributed by atoms with E-state index in [4.69, 9.17) is 0 Å². The van der Waals surface area contributed by atoms with E-state index in [2.05, 4.69) is 37.2 Å². The molecule has 2 aromatic rings. The van der Waals surface area contributed by atoms with Crippen LogP contribution in [0.5, 0.6) is 0 Å². The highest BCUT2D eigenvalue weighted by molar-refractivity contribution is 9.10. The fraction of sp³-hybridized carbons (Fsp3) is 0.176. The predicted molar refractivity (Wildman–Crippen MR) is 97.4 cm³/mol. The Balaban J connectivity index is 1.72. The molecule has 2 amide bonds. The van der Waals surface area contributed by atoms with E-state index < -0.39 is 0 Å². The maximum Gasteiger partial charge on any atom is 0.229 e. The number of hydrogen-bond donors (Lipinski definition) is 1. The first-order valence-electron chi connectivity index (χ1n) is 7.16. The molecule has 0 aliphatic carbocycles. The minimum absolute atomic E-state index is 0.0321. The van der Waals surface area contributed by atoms with Gasteiger partial charge in [0.1, 0.15) is 0 Å². The first kappa shape index (κ1) is 16.2. The third kappa shape index (κ3) is 3.64. The number of anilines is 2. The van der Waals surface area contributed by atoms with Gasteiger partial charge in [-0.25, -0.2) is 0 Å². The van der Waals surface area contributed by atoms with Crippen LogP contribution in [0.25, 0.3) is 0 Å². The molecule has 1 aliphatic rings. The van der Waals surface area contributed by atoms with Gasteiger partial charge in [0.25, 0.3) is 0 Å². The molecule has 1 aliphatic heterocycles. The van der Waals surface area contributed by atoms with Crippen LogP contribution in [-0.2, 0) is 9.59 Å². The van der Waals surface area contributed by atoms with Crippen molar-refractivity contribution in [2.75, 3.05) is 16.8 Å². The summed E-state index contributed by atoms with van der Waals surface area (Å²) in [5, 5.41) is 2.88. The summed E-state index contributed by atoms with van der Waals surface area (Å²) in [6, 6.07) is 15.0. The van der Waals surface area contributed by atoms with Gasteiger partial charge in [-0.3, -0.25) is 9.59 Å². The number of hydrogen-bond acceptors (Lipinski definition) is 2. The molecule has 1 heterocycles. The summed E-state index contributed by atoms with van der Waals surface area (Å²) in [7, 11) is 0. The normalized spacial score (nSPS) is 17.4. The van der Waals surface area contributed by atoms with Gasteiger partial charge in [0.05, 0.1) is 11.6 Å². The molecule has 3 rings (SSSR count). The summed E-state index contributed by atoms with van der Waals surface area (Å²) in [6.45, 7) is 0.394. The van der Waals surface area contributed by atoms with E-state index in [0.717, 1.165) is 14.6 Å². The molecule has 1 fully saturated rings. The van der Waals surface area contributed by atoms with Crippen molar-refractivity contribution in [1.82, 2.24) is 0 Å². The summed E-state index contributed by atoms with van der Waals surface area (Å²) in [5.41, 5.74) is 1.52. The molecule has 4 nitrogen and oxygen atoms in total. The Labute approximate surface area is 151 Å². The minimum atomic E-state index is -0.353. The molecule has 118 valence electrons. The van der Waals surface area contributed by atoms with Crippen LogP contribution in [0.4, 0.5) is 11.4 Å². The van der Waals surface area contributed by atoms with E-state index in [9.17, 15) is 9.59 Å². The van der Waals surface area contributed by atoms with Gasteiger partial charge in [-0.15, -0.1) is 0 Å². The quantitative estimate of drug-likeness (QED) is 0.782. The molecule has 0 saturated carbocycles. The first-order valence-corrected chi connectivity index (χ1v) is 8.74. The average Bonchev–Trinajstić information content (AvgIpc) is 2.92. The smallest absolute Gasteiger partial charge is 0.229 e. The molecule has 23 heavy (non-hydrogen) atoms. The number of nitrogens with zero attached hydrogens (tertiary/aromatic N) is 1. The van der Waals surface area contributed by atoms with Gasteiger partial charge in [-0.1, -0.05) is 34.1 Å². The number of benzene rings is 2. The molecule has 0 aromatic heterocycles. The summed E-state index contributed by atoms with van der Waals surface area (Å²) < 4.78 is 1.73. The monoisotopic (exact) mass is 436 g/mol. The molecule has 0 bridgehead atoms. The number of carbonyl (C=O) groups excluding carboxylic acids is 2. The van der Waals surface area contributed by atoms with Crippen molar-refractivity contribution in [2.24, 2.45) is 5.92 Å². The Hall–Kier alpha value is -1.66. The maximum absolute atomic E-state index is 12.4. The number of para-hydroxylation sites is 1. The van der Waals surface area contributed by atoms with Crippen LogP contribution in [0.15, 0.2) is 57.5 Å². The summed E-state index contributed by atoms with van der Waals surface area (Å²) in [4.78, 5) is 26.3. The van der Waals surface area contributed by atoms with Crippen molar-refractivity contribution in [3.63, 3.8) is 0 Å². The molecule has 0 radical (unpaired) electrons. The highest BCUT2D eigenvalue weighted by atomic mass is 79.9. The van der Waals surface area contributed by atoms with Crippen LogP contribution in [0.2, 0.25) is 0 Å². The highest BCUT2D eigenvalue weighted by Gasteiger charge is 2.35. The molecular weight excluding hydrogens is 424 g/mol. The van der Waals surface area contributed by atoms with Gasteiger partial charge in [0.2, 0.25) is 11.8 Å². The summed E-state index contributed by atoms with van der Waals surface area (Å²) in [5.74, 6) is -0.522. The summed E-state index contributed by atoms with van der Waals surface area (Å²) in [6.07, 6.45) is 0.225. The van der Waals surface area contributed by atoms with Crippen molar-refractivity contribution in [2.45, 2.75) is 6.42 Å². The Morgan fingerprint density at radius 3 is 2.65 bits per heavy atom. The first-order chi connectivity index (χ1) is 11.0. The second-order valence-corrected chi connectivity index (χ2v) is 7.12. The van der Waals surface area contributed by atoms with E-state index in [1.165, 1.54) is 0 Å². The van der Waals surface area contributed by atoms with Crippen molar-refractivity contribution in [1.29, 1.82) is 0 Å². The van der Waals surface area contributed by atoms with Gasteiger partial charge in [0, 0.05) is 27.6 Å². The molecular formula is C17H14Br2N2O2. The lowest BCUT2D eigenvalue weighted by molar-refractivity contribution is -0.122. The van der Waals surface area contributed by atoms with Gasteiger partial charge >= 0.3 is 0 Å². The minimum Gasteiger partial charge on any atom is -0.325 e. The molecule has 1 saturated heterocycles. The second-order valence-electron chi connectivity index (χ2n) is 5.35. The zero-order chi connectivity index (χ0) is 16.4. The highest BCUT2D eigenvalue weighted by Crippen LogP contribution is 2.29. The lowest BCUT2D eigenvalue weighted by Gasteiger charge is -2.17. The number of nitrogens with one attached hydrogen (secondary N) is 1. The van der Waals surface area contributed by atoms with Crippen LogP contribution in [0, 0.1) is 5.92 Å². The Morgan fingerprint density at radius 1 is 1.13 bits per heavy atom. The van der Waals surface area contributed by atoms with Crippen LogP contribution in [-0.4, -0.2) is 18.4 Å². The maximum atomic E-state index is 12.4. The topological polar surface area (TPSA) is 49.4 Å². The Kier molecular flexibility index (Phi) is 4.82.